The molecule has 20 radical (unpaired) electrons. The zero-order chi connectivity index (χ0) is 45.3. The van der Waals surface area contributed by atoms with E-state index >= 15 is 0 Å². The molecule has 62 heavy (non-hydrogen) atoms. The normalized spacial score (nSPS) is 14.1. The van der Waals surface area contributed by atoms with Crippen LogP contribution in [0.25, 0.3) is 56.4 Å². The molecule has 6 aromatic carbocycles. The molecule has 2 aliphatic carbocycles. The molecule has 2 aliphatic rings. The first-order valence-electron chi connectivity index (χ1n) is 20.1. The summed E-state index contributed by atoms with van der Waals surface area (Å²) in [6.07, 6.45) is 8.00. The fourth-order valence-electron chi connectivity index (χ4n) is 8.81. The molecule has 1 atom stereocenters. The first-order valence-corrected chi connectivity index (χ1v) is 20.1. The van der Waals surface area contributed by atoms with Crippen LogP contribution in [-0.2, 0) is 10.8 Å². The van der Waals surface area contributed by atoms with Gasteiger partial charge >= 0.3 is 0 Å². The highest BCUT2D eigenvalue weighted by atomic mass is 15.0. The topological polar surface area (TPSA) is 38.7 Å². The Morgan fingerprint density at radius 3 is 1.32 bits per heavy atom. The van der Waals surface area contributed by atoms with Crippen LogP contribution >= 0.6 is 0 Å². The number of benzene rings is 6. The molecule has 1 heterocycles. The fourth-order valence-corrected chi connectivity index (χ4v) is 8.81. The summed E-state index contributed by atoms with van der Waals surface area (Å²) in [5, 5.41) is 0. The molecule has 1 aromatic heterocycles. The predicted molar refractivity (Wildman–Crippen MR) is 271 cm³/mol. The van der Waals surface area contributed by atoms with Crippen LogP contribution in [0.3, 0.4) is 0 Å². The minimum atomic E-state index is -0.665. The molecule has 7 aromatic rings. The van der Waals surface area contributed by atoms with Crippen LogP contribution in [0.2, 0.25) is 0 Å². The van der Waals surface area contributed by atoms with Gasteiger partial charge in [0.2, 0.25) is 0 Å². The number of hydrogen-bond donors (Lipinski definition) is 0. The number of nitrogens with zero attached hydrogens (tertiary/aromatic N) is 3. The van der Waals surface area contributed by atoms with E-state index in [4.69, 9.17) is 93.4 Å². The van der Waals surface area contributed by atoms with Gasteiger partial charge in [0, 0.05) is 16.7 Å². The Kier molecular flexibility index (Phi) is 11.8. The van der Waals surface area contributed by atoms with Crippen LogP contribution < -0.4 is 54.6 Å². The third kappa shape index (κ3) is 6.55. The molecule has 13 heteroatoms. The van der Waals surface area contributed by atoms with Gasteiger partial charge in [-0.1, -0.05) is 135 Å². The number of fused-ring (bicyclic) bond motifs is 10. The van der Waals surface area contributed by atoms with E-state index in [9.17, 15) is 0 Å². The maximum absolute atomic E-state index is 6.59. The Morgan fingerprint density at radius 1 is 0.435 bits per heavy atom. The lowest BCUT2D eigenvalue weighted by Gasteiger charge is -2.32. The van der Waals surface area contributed by atoms with Gasteiger partial charge in [0.25, 0.3) is 0 Å². The Labute approximate surface area is 380 Å². The average molecular weight is 772 g/mol. The number of hydrogen-bond acceptors (Lipinski definition) is 3. The average Bonchev–Trinajstić information content (AvgIpc) is 3.73. The van der Waals surface area contributed by atoms with Crippen LogP contribution in [-0.4, -0.2) is 93.4 Å². The lowest BCUT2D eigenvalue weighted by molar-refractivity contribution is 0.588. The third-order valence-corrected chi connectivity index (χ3v) is 11.9. The molecule has 1 unspecified atom stereocenters. The largest absolute Gasteiger partial charge is 0.208 e. The molecule has 0 bridgehead atoms. The van der Waals surface area contributed by atoms with Crippen molar-refractivity contribution >= 4 is 133 Å². The van der Waals surface area contributed by atoms with Gasteiger partial charge in [-0.15, -0.1) is 45.6 Å². The Morgan fingerprint density at radius 2 is 0.823 bits per heavy atom. The molecule has 0 saturated heterocycles. The quantitative estimate of drug-likeness (QED) is 0.188. The van der Waals surface area contributed by atoms with Crippen LogP contribution in [0.1, 0.15) is 68.0 Å². The Hall–Kier alpha value is -5.46. The van der Waals surface area contributed by atoms with Crippen molar-refractivity contribution in [2.75, 3.05) is 0 Å². The van der Waals surface area contributed by atoms with Crippen molar-refractivity contribution in [3.63, 3.8) is 0 Å². The number of aromatic nitrogens is 3. The van der Waals surface area contributed by atoms with Gasteiger partial charge in [-0.05, 0) is 68.5 Å². The van der Waals surface area contributed by atoms with Crippen LogP contribution in [0.5, 0.6) is 0 Å². The monoisotopic (exact) mass is 773 g/mol. The van der Waals surface area contributed by atoms with E-state index in [1.165, 1.54) is 33.4 Å². The lowest BCUT2D eigenvalue weighted by atomic mass is 9.60. The van der Waals surface area contributed by atoms with Crippen LogP contribution in [0.15, 0.2) is 78.9 Å². The fraction of sp³-hybridized carbons (Fsp3) is 0.163. The second kappa shape index (κ2) is 16.3. The molecule has 0 saturated carbocycles. The minimum absolute atomic E-state index is 0.0333. The van der Waals surface area contributed by atoms with Gasteiger partial charge in [-0.2, -0.15) is 0 Å². The van der Waals surface area contributed by atoms with Gasteiger partial charge in [-0.25, -0.2) is 15.0 Å². The van der Waals surface area contributed by atoms with Gasteiger partial charge in [0.1, 0.15) is 78.5 Å². The molecule has 0 N–H and O–H groups in total. The summed E-state index contributed by atoms with van der Waals surface area (Å²) in [6.45, 7) is 12.8. The summed E-state index contributed by atoms with van der Waals surface area (Å²) in [7, 11) is 64.1. The molecule has 1 spiro atoms. The zero-order valence-electron chi connectivity index (χ0n) is 35.8. The van der Waals surface area contributed by atoms with Gasteiger partial charge < -0.3 is 0 Å². The van der Waals surface area contributed by atoms with Crippen LogP contribution in [0.4, 0.5) is 0 Å². The highest BCUT2D eigenvalue weighted by Crippen LogP contribution is 2.63. The first-order chi connectivity index (χ1) is 29.5. The highest BCUT2D eigenvalue weighted by molar-refractivity contribution is 6.69. The smallest absolute Gasteiger partial charge is 0.164 e. The maximum Gasteiger partial charge on any atom is 0.164 e. The second-order valence-corrected chi connectivity index (χ2v) is 16.3. The second-order valence-electron chi connectivity index (χ2n) is 16.3. The highest BCUT2D eigenvalue weighted by Gasteiger charge is 2.52. The van der Waals surface area contributed by atoms with Gasteiger partial charge in [-0.3, -0.25) is 0 Å². The Bertz CT molecular complexity index is 2880. The first kappa shape index (κ1) is 44.6. The molecular weight excluding hydrogens is 739 g/mol. The summed E-state index contributed by atoms with van der Waals surface area (Å²) in [5.74, 6) is 0.337. The third-order valence-electron chi connectivity index (χ3n) is 11.9. The maximum atomic E-state index is 6.59. The van der Waals surface area contributed by atoms with Crippen molar-refractivity contribution in [3.8, 4) is 69.3 Å². The van der Waals surface area contributed by atoms with Crippen LogP contribution in [0, 0.1) is 19.8 Å². The molecule has 0 fully saturated rings. The van der Waals surface area contributed by atoms with E-state index in [-0.39, 0.29) is 88.6 Å². The van der Waals surface area contributed by atoms with E-state index in [1.54, 1.807) is 0 Å². The standard InChI is InChI=1S/C45H25B10N3.C2H6.C2H2/c1-18-9-12-22-24-14-11-20(44(2,3)4)17-28(24)45(26(22)15-18)25-8-6-5-7-21(25)23-13-10-19(16-27(23)45)41-56-42(29-31(46)35(50)39(54)36(51)32(29)47)58-43(57-41)30-33(48)37(52)40(55)38(53)34(30)49;2*1-2/h5-17H,1-4H3;1-2H3;1-2H. The molecule has 274 valence electrons. The van der Waals surface area contributed by atoms with Crippen molar-refractivity contribution in [3.05, 3.63) is 112 Å². The lowest BCUT2D eigenvalue weighted by Crippen LogP contribution is -2.55. The van der Waals surface area contributed by atoms with E-state index in [2.05, 4.69) is 113 Å². The summed E-state index contributed by atoms with van der Waals surface area (Å²) in [4.78, 5) is 14.8. The van der Waals surface area contributed by atoms with Crippen molar-refractivity contribution in [2.24, 2.45) is 0 Å². The predicted octanol–water partition coefficient (Wildman–Crippen LogP) is 0.0356. The summed E-state index contributed by atoms with van der Waals surface area (Å²) >= 11 is 0. The number of rotatable bonds is 3. The van der Waals surface area contributed by atoms with E-state index < -0.39 is 5.41 Å². The van der Waals surface area contributed by atoms with E-state index in [1.807, 2.05) is 19.9 Å². The number of terminal acetylenes is 1. The van der Waals surface area contributed by atoms with Crippen molar-refractivity contribution in [1.29, 1.82) is 0 Å². The summed E-state index contributed by atoms with van der Waals surface area (Å²) in [5.41, 5.74) is 12.3. The molecule has 0 amide bonds. The molecular formula is C49H33B10N3. The number of aryl methyl sites for hydroxylation is 1. The molecule has 0 aliphatic heterocycles. The Balaban J connectivity index is 0.00000141. The van der Waals surface area contributed by atoms with Crippen molar-refractivity contribution in [1.82, 2.24) is 15.0 Å². The zero-order valence-corrected chi connectivity index (χ0v) is 35.8. The molecule has 3 nitrogen and oxygen atoms in total. The minimum Gasteiger partial charge on any atom is -0.208 e. The summed E-state index contributed by atoms with van der Waals surface area (Å²) in [6, 6.07) is 28.5. The van der Waals surface area contributed by atoms with Gasteiger partial charge in [0.05, 0.1) is 5.41 Å². The molecule has 9 rings (SSSR count). The SMILES string of the molecule is C#C.CC.[B]c1c([B])c([B])c(-c2nc(-c3ccc4c(c3)C3(c5ccccc5-4)c4cc(C)ccc4-c4ccc(C(C)(C)C)cc43)nc(-c3c([B])c([B])c([B])c([B])c3[B])n2)c([B])c1[B]. The summed E-state index contributed by atoms with van der Waals surface area (Å²) < 4.78 is 0. The van der Waals surface area contributed by atoms with Crippen molar-refractivity contribution < 1.29 is 0 Å². The van der Waals surface area contributed by atoms with E-state index in [0.29, 0.717) is 5.56 Å². The van der Waals surface area contributed by atoms with Crippen molar-refractivity contribution in [2.45, 2.75) is 52.4 Å². The van der Waals surface area contributed by atoms with Gasteiger partial charge in [0.15, 0.2) is 17.5 Å². The van der Waals surface area contributed by atoms with E-state index in [0.717, 1.165) is 22.3 Å².